The maximum Gasteiger partial charge on any atom is 0.166 e. The lowest BCUT2D eigenvalue weighted by Gasteiger charge is -1.98. The van der Waals surface area contributed by atoms with Gasteiger partial charge in [0.15, 0.2) is 5.65 Å². The molecule has 0 bridgehead atoms. The van der Waals surface area contributed by atoms with Crippen molar-refractivity contribution in [3.8, 4) is 0 Å². The number of nitrogens with zero attached hydrogens (tertiary/aromatic N) is 4. The number of hydrogen-bond acceptors (Lipinski definition) is 4. The van der Waals surface area contributed by atoms with E-state index in [2.05, 4.69) is 19.9 Å². The highest BCUT2D eigenvalue weighted by Gasteiger charge is 1.99. The van der Waals surface area contributed by atoms with E-state index in [4.69, 9.17) is 0 Å². The summed E-state index contributed by atoms with van der Waals surface area (Å²) in [6.45, 7) is 3.76. The van der Waals surface area contributed by atoms with Crippen LogP contribution in [0.3, 0.4) is 0 Å². The quantitative estimate of drug-likeness (QED) is 0.577. The summed E-state index contributed by atoms with van der Waals surface area (Å²) in [5.41, 5.74) is 1.63. The van der Waals surface area contributed by atoms with Crippen LogP contribution in [0.4, 0.5) is 0 Å². The van der Waals surface area contributed by atoms with Crippen molar-refractivity contribution in [2.45, 2.75) is 13.8 Å². The lowest BCUT2D eigenvalue weighted by molar-refractivity contribution is 1.04. The summed E-state index contributed by atoms with van der Waals surface area (Å²) in [5.74, 6) is 0.737. The molecule has 0 atom stereocenters. The third-order valence-electron chi connectivity index (χ3n) is 1.71. The second-order valence-electron chi connectivity index (χ2n) is 2.61. The zero-order chi connectivity index (χ0) is 8.55. The van der Waals surface area contributed by atoms with Crippen LogP contribution in [0.15, 0.2) is 12.5 Å². The Morgan fingerprint density at radius 2 is 1.92 bits per heavy atom. The maximum atomic E-state index is 4.17. The first-order valence-corrected chi connectivity index (χ1v) is 3.68. The Morgan fingerprint density at radius 3 is 2.75 bits per heavy atom. The molecule has 4 nitrogen and oxygen atoms in total. The highest BCUT2D eigenvalue weighted by molar-refractivity contribution is 5.75. The fraction of sp³-hybridized carbons (Fsp3) is 0.250. The molecule has 0 aromatic carbocycles. The van der Waals surface area contributed by atoms with Crippen molar-refractivity contribution in [2.75, 3.05) is 0 Å². The molecule has 0 spiro atoms. The molecule has 0 radical (unpaired) electrons. The number of rotatable bonds is 0. The standard InChI is InChI=1S/C8H8N4/c1-5-7-3-9-6(2)12-8(7)11-4-10-5/h3-4H,1-2H3. The zero-order valence-corrected chi connectivity index (χ0v) is 6.94. The van der Waals surface area contributed by atoms with Crippen molar-refractivity contribution in [1.82, 2.24) is 19.9 Å². The molecule has 2 rings (SSSR count). The van der Waals surface area contributed by atoms with Crippen LogP contribution in [0, 0.1) is 13.8 Å². The summed E-state index contributed by atoms with van der Waals surface area (Å²) >= 11 is 0. The van der Waals surface area contributed by atoms with Gasteiger partial charge in [-0.2, -0.15) is 0 Å². The molecular weight excluding hydrogens is 152 g/mol. The Kier molecular flexibility index (Phi) is 1.46. The Morgan fingerprint density at radius 1 is 1.08 bits per heavy atom. The third-order valence-corrected chi connectivity index (χ3v) is 1.71. The normalized spacial score (nSPS) is 10.5. The first-order chi connectivity index (χ1) is 5.77. The Labute approximate surface area is 69.7 Å². The molecule has 0 unspecified atom stereocenters. The van der Waals surface area contributed by atoms with E-state index in [-0.39, 0.29) is 0 Å². The highest BCUT2D eigenvalue weighted by Crippen LogP contribution is 2.09. The van der Waals surface area contributed by atoms with Gasteiger partial charge in [0.1, 0.15) is 12.2 Å². The lowest BCUT2D eigenvalue weighted by atomic mass is 10.3. The number of aromatic nitrogens is 4. The SMILES string of the molecule is Cc1ncc2c(C)ncnc2n1. The second kappa shape index (κ2) is 2.48. The van der Waals surface area contributed by atoms with Crippen molar-refractivity contribution in [3.63, 3.8) is 0 Å². The van der Waals surface area contributed by atoms with Crippen molar-refractivity contribution < 1.29 is 0 Å². The number of fused-ring (bicyclic) bond motifs is 1. The van der Waals surface area contributed by atoms with E-state index < -0.39 is 0 Å². The molecule has 4 heteroatoms. The smallest absolute Gasteiger partial charge is 0.166 e. The first-order valence-electron chi connectivity index (χ1n) is 3.68. The number of hydrogen-bond donors (Lipinski definition) is 0. The zero-order valence-electron chi connectivity index (χ0n) is 6.94. The largest absolute Gasteiger partial charge is 0.241 e. The summed E-state index contributed by atoms with van der Waals surface area (Å²) in [6.07, 6.45) is 3.27. The van der Waals surface area contributed by atoms with E-state index in [1.807, 2.05) is 13.8 Å². The van der Waals surface area contributed by atoms with Crippen LogP contribution in [0.2, 0.25) is 0 Å². The van der Waals surface area contributed by atoms with Gasteiger partial charge in [-0.15, -0.1) is 0 Å². The minimum atomic E-state index is 0.718. The predicted octanol–water partition coefficient (Wildman–Crippen LogP) is 1.04. The van der Waals surface area contributed by atoms with Gasteiger partial charge < -0.3 is 0 Å². The third kappa shape index (κ3) is 1.01. The molecule has 0 fully saturated rings. The van der Waals surface area contributed by atoms with Crippen molar-refractivity contribution in [1.29, 1.82) is 0 Å². The molecule has 0 aliphatic heterocycles. The van der Waals surface area contributed by atoms with E-state index in [1.165, 1.54) is 6.33 Å². The highest BCUT2D eigenvalue weighted by atomic mass is 15.0. The number of aryl methyl sites for hydroxylation is 2. The van der Waals surface area contributed by atoms with Gasteiger partial charge in [0, 0.05) is 6.20 Å². The molecule has 0 saturated heterocycles. The molecule has 2 heterocycles. The van der Waals surface area contributed by atoms with E-state index in [0.717, 1.165) is 22.6 Å². The van der Waals surface area contributed by atoms with Crippen LogP contribution in [0.5, 0.6) is 0 Å². The van der Waals surface area contributed by atoms with Crippen molar-refractivity contribution in [2.24, 2.45) is 0 Å². The summed E-state index contributed by atoms with van der Waals surface area (Å²) in [6, 6.07) is 0. The van der Waals surface area contributed by atoms with Gasteiger partial charge in [-0.1, -0.05) is 0 Å². The molecule has 2 aromatic heterocycles. The van der Waals surface area contributed by atoms with Gasteiger partial charge in [0.2, 0.25) is 0 Å². The minimum absolute atomic E-state index is 0.718. The lowest BCUT2D eigenvalue weighted by Crippen LogP contribution is -1.93. The van der Waals surface area contributed by atoms with Crippen LogP contribution in [0.25, 0.3) is 11.0 Å². The van der Waals surface area contributed by atoms with Gasteiger partial charge >= 0.3 is 0 Å². The van der Waals surface area contributed by atoms with E-state index >= 15 is 0 Å². The summed E-state index contributed by atoms with van der Waals surface area (Å²) < 4.78 is 0. The molecule has 12 heavy (non-hydrogen) atoms. The van der Waals surface area contributed by atoms with Crippen LogP contribution < -0.4 is 0 Å². The predicted molar refractivity (Wildman–Crippen MR) is 44.6 cm³/mol. The maximum absolute atomic E-state index is 4.17. The van der Waals surface area contributed by atoms with Gasteiger partial charge in [-0.3, -0.25) is 0 Å². The Hall–Kier alpha value is -1.58. The Balaban J connectivity index is 2.86. The molecular formula is C8H8N4. The fourth-order valence-corrected chi connectivity index (χ4v) is 1.05. The summed E-state index contributed by atoms with van der Waals surface area (Å²) in [5, 5.41) is 0.920. The molecule has 60 valence electrons. The van der Waals surface area contributed by atoms with Gasteiger partial charge in [0.05, 0.1) is 11.1 Å². The van der Waals surface area contributed by atoms with Gasteiger partial charge in [-0.05, 0) is 13.8 Å². The fourth-order valence-electron chi connectivity index (χ4n) is 1.05. The van der Waals surface area contributed by atoms with Gasteiger partial charge in [0.25, 0.3) is 0 Å². The second-order valence-corrected chi connectivity index (χ2v) is 2.61. The molecule has 0 N–H and O–H groups in total. The van der Waals surface area contributed by atoms with Gasteiger partial charge in [-0.25, -0.2) is 19.9 Å². The van der Waals surface area contributed by atoms with E-state index in [0.29, 0.717) is 0 Å². The average Bonchev–Trinajstić information content (AvgIpc) is 2.04. The van der Waals surface area contributed by atoms with E-state index in [9.17, 15) is 0 Å². The molecule has 0 aliphatic rings. The van der Waals surface area contributed by atoms with Crippen LogP contribution in [-0.2, 0) is 0 Å². The Bertz CT molecular complexity index is 424. The van der Waals surface area contributed by atoms with Crippen molar-refractivity contribution in [3.05, 3.63) is 24.0 Å². The molecule has 2 aromatic rings. The van der Waals surface area contributed by atoms with Crippen LogP contribution in [-0.4, -0.2) is 19.9 Å². The average molecular weight is 160 g/mol. The van der Waals surface area contributed by atoms with Crippen LogP contribution >= 0.6 is 0 Å². The van der Waals surface area contributed by atoms with Crippen molar-refractivity contribution >= 4 is 11.0 Å². The molecule has 0 amide bonds. The molecule has 0 saturated carbocycles. The van der Waals surface area contributed by atoms with Crippen LogP contribution in [0.1, 0.15) is 11.5 Å². The monoisotopic (exact) mass is 160 g/mol. The topological polar surface area (TPSA) is 51.6 Å². The molecule has 0 aliphatic carbocycles. The summed E-state index contributed by atoms with van der Waals surface area (Å²) in [4.78, 5) is 16.3. The minimum Gasteiger partial charge on any atom is -0.241 e. The van der Waals surface area contributed by atoms with E-state index in [1.54, 1.807) is 6.20 Å². The first kappa shape index (κ1) is 7.09. The summed E-state index contributed by atoms with van der Waals surface area (Å²) in [7, 11) is 0.